The second kappa shape index (κ2) is 2.53. The van der Waals surface area contributed by atoms with Crippen molar-refractivity contribution >= 4 is 0 Å². The Kier molecular flexibility index (Phi) is 1.53. The molecule has 1 aliphatic carbocycles. The lowest BCUT2D eigenvalue weighted by molar-refractivity contribution is 0.413. The van der Waals surface area contributed by atoms with Gasteiger partial charge in [-0.25, -0.2) is 0 Å². The normalized spacial score (nSPS) is 16.5. The van der Waals surface area contributed by atoms with Gasteiger partial charge in [0.1, 0.15) is 5.75 Å². The molecule has 0 radical (unpaired) electrons. The van der Waals surface area contributed by atoms with Gasteiger partial charge in [0.25, 0.3) is 0 Å². The molecule has 1 aromatic rings. The summed E-state index contributed by atoms with van der Waals surface area (Å²) in [6, 6.07) is 3.91. The van der Waals surface area contributed by atoms with E-state index in [1.165, 1.54) is 18.5 Å². The molecule has 11 heavy (non-hydrogen) atoms. The minimum Gasteiger partial charge on any atom is -0.497 e. The van der Waals surface area contributed by atoms with Crippen LogP contribution in [0, 0.1) is 0 Å². The van der Waals surface area contributed by atoms with E-state index in [0.717, 1.165) is 5.75 Å². The molecule has 1 saturated carbocycles. The van der Waals surface area contributed by atoms with Crippen LogP contribution >= 0.6 is 0 Å². The number of ether oxygens (including phenoxy) is 1. The van der Waals surface area contributed by atoms with E-state index in [9.17, 15) is 0 Å². The maximum Gasteiger partial charge on any atom is 0.122 e. The Morgan fingerprint density at radius 2 is 2.36 bits per heavy atom. The van der Waals surface area contributed by atoms with E-state index < -0.39 is 0 Å². The van der Waals surface area contributed by atoms with Crippen LogP contribution in [0.15, 0.2) is 18.3 Å². The van der Waals surface area contributed by atoms with Gasteiger partial charge in [-0.2, -0.15) is 0 Å². The van der Waals surface area contributed by atoms with Crippen LogP contribution in [0.5, 0.6) is 5.75 Å². The topological polar surface area (TPSA) is 22.1 Å². The third-order valence-corrected chi connectivity index (χ3v) is 1.98. The third-order valence-electron chi connectivity index (χ3n) is 1.98. The van der Waals surface area contributed by atoms with Crippen molar-refractivity contribution in [2.45, 2.75) is 18.8 Å². The van der Waals surface area contributed by atoms with Crippen molar-refractivity contribution in [2.24, 2.45) is 0 Å². The van der Waals surface area contributed by atoms with Crippen LogP contribution in [-0.4, -0.2) is 12.1 Å². The Bertz CT molecular complexity index is 255. The van der Waals surface area contributed by atoms with E-state index in [4.69, 9.17) is 4.74 Å². The van der Waals surface area contributed by atoms with E-state index >= 15 is 0 Å². The van der Waals surface area contributed by atoms with Gasteiger partial charge in [-0.3, -0.25) is 4.98 Å². The molecule has 0 unspecified atom stereocenters. The van der Waals surface area contributed by atoms with Crippen LogP contribution in [0.2, 0.25) is 0 Å². The second-order valence-electron chi connectivity index (χ2n) is 2.89. The lowest BCUT2D eigenvalue weighted by Crippen LogP contribution is -1.88. The van der Waals surface area contributed by atoms with E-state index in [1.807, 2.05) is 18.3 Å². The number of nitrogens with zero attached hydrogens (tertiary/aromatic N) is 1. The molecule has 2 heteroatoms. The fraction of sp³-hybridized carbons (Fsp3) is 0.444. The first-order chi connectivity index (χ1) is 5.40. The Balaban J connectivity index is 2.26. The molecule has 0 aromatic carbocycles. The molecule has 1 heterocycles. The number of aromatic nitrogens is 1. The highest BCUT2D eigenvalue weighted by molar-refractivity contribution is 5.26. The van der Waals surface area contributed by atoms with Gasteiger partial charge in [0.15, 0.2) is 0 Å². The van der Waals surface area contributed by atoms with Gasteiger partial charge in [-0.05, 0) is 18.9 Å². The second-order valence-corrected chi connectivity index (χ2v) is 2.89. The van der Waals surface area contributed by atoms with Crippen LogP contribution in [0.1, 0.15) is 24.5 Å². The van der Waals surface area contributed by atoms with Crippen LogP contribution in [0.25, 0.3) is 0 Å². The average molecular weight is 149 g/mol. The zero-order valence-corrected chi connectivity index (χ0v) is 6.58. The van der Waals surface area contributed by atoms with Crippen molar-refractivity contribution in [1.82, 2.24) is 4.98 Å². The van der Waals surface area contributed by atoms with Gasteiger partial charge < -0.3 is 4.74 Å². The molecule has 0 bridgehead atoms. The Morgan fingerprint density at radius 3 is 3.00 bits per heavy atom. The number of hydrogen-bond donors (Lipinski definition) is 0. The Labute approximate surface area is 66.2 Å². The SMILES string of the molecule is COc1ccnc(C2CC2)c1. The first kappa shape index (κ1) is 6.65. The van der Waals surface area contributed by atoms with Crippen LogP contribution in [0.3, 0.4) is 0 Å². The summed E-state index contributed by atoms with van der Waals surface area (Å²) in [5.41, 5.74) is 1.18. The van der Waals surface area contributed by atoms with Gasteiger partial charge in [0, 0.05) is 23.9 Å². The number of methoxy groups -OCH3 is 1. The maximum atomic E-state index is 5.09. The first-order valence-corrected chi connectivity index (χ1v) is 3.90. The van der Waals surface area contributed by atoms with E-state index in [0.29, 0.717) is 5.92 Å². The Morgan fingerprint density at radius 1 is 1.55 bits per heavy atom. The fourth-order valence-corrected chi connectivity index (χ4v) is 1.16. The summed E-state index contributed by atoms with van der Waals surface area (Å²) in [7, 11) is 1.69. The third kappa shape index (κ3) is 1.34. The van der Waals surface area contributed by atoms with Gasteiger partial charge in [0.05, 0.1) is 7.11 Å². The summed E-state index contributed by atoms with van der Waals surface area (Å²) in [4.78, 5) is 4.27. The summed E-state index contributed by atoms with van der Waals surface area (Å²) >= 11 is 0. The molecule has 1 fully saturated rings. The van der Waals surface area contributed by atoms with Gasteiger partial charge in [-0.1, -0.05) is 0 Å². The zero-order chi connectivity index (χ0) is 7.68. The monoisotopic (exact) mass is 149 g/mol. The molecule has 2 rings (SSSR count). The highest BCUT2D eigenvalue weighted by Crippen LogP contribution is 2.39. The molecule has 0 spiro atoms. The molecule has 0 amide bonds. The fourth-order valence-electron chi connectivity index (χ4n) is 1.16. The molecule has 1 aliphatic rings. The predicted octanol–water partition coefficient (Wildman–Crippen LogP) is 1.97. The molecule has 1 aromatic heterocycles. The van der Waals surface area contributed by atoms with Crippen molar-refractivity contribution < 1.29 is 4.74 Å². The molecule has 0 aliphatic heterocycles. The smallest absolute Gasteiger partial charge is 0.122 e. The highest BCUT2D eigenvalue weighted by atomic mass is 16.5. The van der Waals surface area contributed by atoms with Gasteiger partial charge in [-0.15, -0.1) is 0 Å². The number of hydrogen-bond acceptors (Lipinski definition) is 2. The molecule has 0 saturated heterocycles. The van der Waals surface area contributed by atoms with Crippen molar-refractivity contribution in [3.8, 4) is 5.75 Å². The van der Waals surface area contributed by atoms with Crippen LogP contribution < -0.4 is 4.74 Å². The highest BCUT2D eigenvalue weighted by Gasteiger charge is 2.24. The number of pyridine rings is 1. The standard InChI is InChI=1S/C9H11NO/c1-11-8-4-5-10-9(6-8)7-2-3-7/h4-7H,2-3H2,1H3. The molecule has 0 atom stereocenters. The minimum absolute atomic E-state index is 0.713. The van der Waals surface area contributed by atoms with Crippen LogP contribution in [0.4, 0.5) is 0 Å². The van der Waals surface area contributed by atoms with Crippen LogP contribution in [-0.2, 0) is 0 Å². The molecular formula is C9H11NO. The molecular weight excluding hydrogens is 138 g/mol. The lowest BCUT2D eigenvalue weighted by Gasteiger charge is -2.00. The zero-order valence-electron chi connectivity index (χ0n) is 6.58. The van der Waals surface area contributed by atoms with Gasteiger partial charge in [0.2, 0.25) is 0 Å². The molecule has 58 valence electrons. The molecule has 2 nitrogen and oxygen atoms in total. The maximum absolute atomic E-state index is 5.09. The van der Waals surface area contributed by atoms with Crippen molar-refractivity contribution in [3.63, 3.8) is 0 Å². The predicted molar refractivity (Wildman–Crippen MR) is 42.8 cm³/mol. The largest absolute Gasteiger partial charge is 0.497 e. The summed E-state index contributed by atoms with van der Waals surface area (Å²) in [5, 5.41) is 0. The van der Waals surface area contributed by atoms with Crippen molar-refractivity contribution in [2.75, 3.05) is 7.11 Å². The lowest BCUT2D eigenvalue weighted by atomic mass is 10.2. The summed E-state index contributed by atoms with van der Waals surface area (Å²) in [5.74, 6) is 1.63. The van der Waals surface area contributed by atoms with Crippen molar-refractivity contribution in [1.29, 1.82) is 0 Å². The quantitative estimate of drug-likeness (QED) is 0.641. The van der Waals surface area contributed by atoms with E-state index in [1.54, 1.807) is 7.11 Å². The molecule has 0 N–H and O–H groups in total. The van der Waals surface area contributed by atoms with E-state index in [-0.39, 0.29) is 0 Å². The van der Waals surface area contributed by atoms with E-state index in [2.05, 4.69) is 4.98 Å². The number of rotatable bonds is 2. The summed E-state index contributed by atoms with van der Waals surface area (Å²) < 4.78 is 5.09. The Hall–Kier alpha value is -1.05. The summed E-state index contributed by atoms with van der Waals surface area (Å²) in [6.07, 6.45) is 4.40. The first-order valence-electron chi connectivity index (χ1n) is 3.90. The van der Waals surface area contributed by atoms with Crippen molar-refractivity contribution in [3.05, 3.63) is 24.0 Å². The summed E-state index contributed by atoms with van der Waals surface area (Å²) in [6.45, 7) is 0. The average Bonchev–Trinajstić information content (AvgIpc) is 2.87. The van der Waals surface area contributed by atoms with Gasteiger partial charge >= 0.3 is 0 Å². The minimum atomic E-state index is 0.713.